The SMILES string of the molecule is CCNC1CC(Oc2c(F)cccc2F)C1OCCOC. The summed E-state index contributed by atoms with van der Waals surface area (Å²) in [4.78, 5) is 0. The van der Waals surface area contributed by atoms with Crippen LogP contribution in [0, 0.1) is 11.6 Å². The molecular weight excluding hydrogens is 280 g/mol. The van der Waals surface area contributed by atoms with Crippen molar-refractivity contribution in [1.29, 1.82) is 0 Å². The molecule has 21 heavy (non-hydrogen) atoms. The Hall–Kier alpha value is -1.24. The summed E-state index contributed by atoms with van der Waals surface area (Å²) in [5.41, 5.74) is 0. The number of ether oxygens (including phenoxy) is 3. The highest BCUT2D eigenvalue weighted by Crippen LogP contribution is 2.31. The van der Waals surface area contributed by atoms with Crippen LogP contribution in [0.2, 0.25) is 0 Å². The Morgan fingerprint density at radius 2 is 1.95 bits per heavy atom. The van der Waals surface area contributed by atoms with Gasteiger partial charge in [-0.2, -0.15) is 0 Å². The summed E-state index contributed by atoms with van der Waals surface area (Å²) in [6, 6.07) is 3.80. The molecule has 1 fully saturated rings. The molecule has 2 rings (SSSR count). The van der Waals surface area contributed by atoms with E-state index in [4.69, 9.17) is 14.2 Å². The highest BCUT2D eigenvalue weighted by Gasteiger charge is 2.44. The van der Waals surface area contributed by atoms with Crippen LogP contribution >= 0.6 is 0 Å². The zero-order valence-electron chi connectivity index (χ0n) is 12.3. The molecular formula is C15H21F2NO3. The number of rotatable bonds is 8. The van der Waals surface area contributed by atoms with E-state index >= 15 is 0 Å². The largest absolute Gasteiger partial charge is 0.481 e. The first kappa shape index (κ1) is 16.1. The number of halogens is 2. The maximum Gasteiger partial charge on any atom is 0.191 e. The van der Waals surface area contributed by atoms with Crippen molar-refractivity contribution in [1.82, 2.24) is 5.32 Å². The minimum Gasteiger partial charge on any atom is -0.481 e. The van der Waals surface area contributed by atoms with Gasteiger partial charge in [-0.3, -0.25) is 0 Å². The summed E-state index contributed by atoms with van der Waals surface area (Å²) >= 11 is 0. The molecule has 0 radical (unpaired) electrons. The maximum absolute atomic E-state index is 13.6. The summed E-state index contributed by atoms with van der Waals surface area (Å²) in [5, 5.41) is 3.27. The highest BCUT2D eigenvalue weighted by molar-refractivity contribution is 5.27. The third kappa shape index (κ3) is 3.90. The van der Waals surface area contributed by atoms with E-state index in [1.54, 1.807) is 7.11 Å². The van der Waals surface area contributed by atoms with Crippen LogP contribution in [0.5, 0.6) is 5.75 Å². The Morgan fingerprint density at radius 1 is 1.24 bits per heavy atom. The van der Waals surface area contributed by atoms with Gasteiger partial charge in [-0.25, -0.2) is 8.78 Å². The first-order chi connectivity index (χ1) is 10.2. The van der Waals surface area contributed by atoms with Crippen LogP contribution in [0.25, 0.3) is 0 Å². The van der Waals surface area contributed by atoms with Gasteiger partial charge in [-0.15, -0.1) is 0 Å². The lowest BCUT2D eigenvalue weighted by atomic mass is 9.85. The molecule has 0 bridgehead atoms. The second-order valence-electron chi connectivity index (χ2n) is 4.94. The van der Waals surface area contributed by atoms with Crippen molar-refractivity contribution < 1.29 is 23.0 Å². The van der Waals surface area contributed by atoms with Gasteiger partial charge in [0.25, 0.3) is 0 Å². The number of hydrogen-bond donors (Lipinski definition) is 1. The summed E-state index contributed by atoms with van der Waals surface area (Å²) < 4.78 is 43.3. The lowest BCUT2D eigenvalue weighted by Crippen LogP contribution is -2.61. The third-order valence-electron chi connectivity index (χ3n) is 3.50. The van der Waals surface area contributed by atoms with Crippen LogP contribution in [0.1, 0.15) is 13.3 Å². The van der Waals surface area contributed by atoms with Gasteiger partial charge in [0, 0.05) is 19.6 Å². The van der Waals surface area contributed by atoms with Crippen LogP contribution in [-0.4, -0.2) is 45.1 Å². The van der Waals surface area contributed by atoms with Crippen molar-refractivity contribution in [3.8, 4) is 5.75 Å². The number of para-hydroxylation sites is 1. The lowest BCUT2D eigenvalue weighted by Gasteiger charge is -2.44. The van der Waals surface area contributed by atoms with Crippen LogP contribution < -0.4 is 10.1 Å². The fourth-order valence-electron chi connectivity index (χ4n) is 2.40. The predicted molar refractivity (Wildman–Crippen MR) is 74.5 cm³/mol. The molecule has 0 aliphatic heterocycles. The Labute approximate surface area is 123 Å². The van der Waals surface area contributed by atoms with E-state index in [-0.39, 0.29) is 24.0 Å². The van der Waals surface area contributed by atoms with Crippen molar-refractivity contribution in [2.24, 2.45) is 0 Å². The van der Waals surface area contributed by atoms with Crippen molar-refractivity contribution in [3.63, 3.8) is 0 Å². The highest BCUT2D eigenvalue weighted by atomic mass is 19.1. The van der Waals surface area contributed by atoms with E-state index in [0.29, 0.717) is 19.6 Å². The van der Waals surface area contributed by atoms with E-state index < -0.39 is 11.6 Å². The third-order valence-corrected chi connectivity index (χ3v) is 3.50. The monoisotopic (exact) mass is 301 g/mol. The molecule has 0 spiro atoms. The molecule has 1 aliphatic rings. The fraction of sp³-hybridized carbons (Fsp3) is 0.600. The Balaban J connectivity index is 1.98. The first-order valence-electron chi connectivity index (χ1n) is 7.12. The van der Waals surface area contributed by atoms with Crippen molar-refractivity contribution in [2.45, 2.75) is 31.6 Å². The van der Waals surface area contributed by atoms with Crippen molar-refractivity contribution in [3.05, 3.63) is 29.8 Å². The second kappa shape index (κ2) is 7.68. The lowest BCUT2D eigenvalue weighted by molar-refractivity contribution is -0.117. The molecule has 1 aromatic rings. The van der Waals surface area contributed by atoms with Crippen LogP contribution in [0.15, 0.2) is 18.2 Å². The number of likely N-dealkylation sites (N-methyl/N-ethyl adjacent to an activating group) is 1. The molecule has 0 saturated heterocycles. The molecule has 3 atom stereocenters. The van der Waals surface area contributed by atoms with E-state index in [1.165, 1.54) is 18.2 Å². The molecule has 4 nitrogen and oxygen atoms in total. The first-order valence-corrected chi connectivity index (χ1v) is 7.12. The summed E-state index contributed by atoms with van der Waals surface area (Å²) in [7, 11) is 1.59. The number of benzene rings is 1. The van der Waals surface area contributed by atoms with Crippen molar-refractivity contribution >= 4 is 0 Å². The molecule has 3 unspecified atom stereocenters. The van der Waals surface area contributed by atoms with Crippen LogP contribution in [-0.2, 0) is 9.47 Å². The standard InChI is InChI=1S/C15H21F2NO3/c1-3-18-12-9-13(15(12)20-8-7-19-2)21-14-10(16)5-4-6-11(14)17/h4-6,12-13,15,18H,3,7-9H2,1-2H3. The number of nitrogens with one attached hydrogen (secondary N) is 1. The van der Waals surface area contributed by atoms with Gasteiger partial charge in [0.15, 0.2) is 17.4 Å². The Morgan fingerprint density at radius 3 is 2.57 bits per heavy atom. The van der Waals surface area contributed by atoms with E-state index in [9.17, 15) is 8.78 Å². The van der Waals surface area contributed by atoms with Crippen LogP contribution in [0.3, 0.4) is 0 Å². The normalized spacial score (nSPS) is 24.7. The molecule has 0 heterocycles. The Bertz CT molecular complexity index is 438. The topological polar surface area (TPSA) is 39.7 Å². The molecule has 1 aliphatic carbocycles. The van der Waals surface area contributed by atoms with Gasteiger partial charge in [-0.05, 0) is 18.7 Å². The van der Waals surface area contributed by atoms with Gasteiger partial charge < -0.3 is 19.5 Å². The van der Waals surface area contributed by atoms with Gasteiger partial charge in [0.1, 0.15) is 12.2 Å². The van der Waals surface area contributed by atoms with E-state index in [1.807, 2.05) is 6.92 Å². The van der Waals surface area contributed by atoms with E-state index in [2.05, 4.69) is 5.32 Å². The quantitative estimate of drug-likeness (QED) is 0.747. The Kier molecular flexibility index (Phi) is 5.90. The summed E-state index contributed by atoms with van der Waals surface area (Å²) in [6.07, 6.45) is 0.0515. The second-order valence-corrected chi connectivity index (χ2v) is 4.94. The summed E-state index contributed by atoms with van der Waals surface area (Å²) in [6.45, 7) is 3.69. The average Bonchev–Trinajstić information content (AvgIpc) is 2.45. The van der Waals surface area contributed by atoms with Gasteiger partial charge in [0.05, 0.1) is 13.2 Å². The number of methoxy groups -OCH3 is 1. The molecule has 0 aromatic heterocycles. The van der Waals surface area contributed by atoms with Gasteiger partial charge in [0.2, 0.25) is 0 Å². The molecule has 0 amide bonds. The minimum atomic E-state index is -0.697. The van der Waals surface area contributed by atoms with E-state index in [0.717, 1.165) is 6.54 Å². The summed E-state index contributed by atoms with van der Waals surface area (Å²) in [5.74, 6) is -1.73. The average molecular weight is 301 g/mol. The zero-order chi connectivity index (χ0) is 15.2. The zero-order valence-corrected chi connectivity index (χ0v) is 12.3. The molecule has 6 heteroatoms. The predicted octanol–water partition coefficient (Wildman–Crippen LogP) is 2.13. The van der Waals surface area contributed by atoms with Crippen molar-refractivity contribution in [2.75, 3.05) is 26.9 Å². The number of hydrogen-bond acceptors (Lipinski definition) is 4. The van der Waals surface area contributed by atoms with Gasteiger partial charge >= 0.3 is 0 Å². The molecule has 1 aromatic carbocycles. The van der Waals surface area contributed by atoms with Gasteiger partial charge in [-0.1, -0.05) is 13.0 Å². The van der Waals surface area contributed by atoms with Crippen LogP contribution in [0.4, 0.5) is 8.78 Å². The maximum atomic E-state index is 13.6. The molecule has 118 valence electrons. The fourth-order valence-corrected chi connectivity index (χ4v) is 2.40. The molecule has 1 saturated carbocycles. The molecule has 1 N–H and O–H groups in total. The minimum absolute atomic E-state index is 0.131. The smallest absolute Gasteiger partial charge is 0.191 e.